The van der Waals surface area contributed by atoms with Crippen molar-refractivity contribution in [1.82, 2.24) is 4.90 Å². The highest BCUT2D eigenvalue weighted by Crippen LogP contribution is 2.33. The molecule has 146 valence electrons. The quantitative estimate of drug-likeness (QED) is 0.525. The highest BCUT2D eigenvalue weighted by molar-refractivity contribution is 5.70. The third-order valence-electron chi connectivity index (χ3n) is 3.49. The van der Waals surface area contributed by atoms with Gasteiger partial charge >= 0.3 is 12.3 Å². The van der Waals surface area contributed by atoms with Crippen molar-refractivity contribution < 1.29 is 32.2 Å². The standard InChI is InChI=1S/C17H28F3NO4/c1-7-8-9-23-13(17(18,19)20)10-12-11-24-16(5,6)21(12)14(22)25-15(2,3)4/h10,12H,7-9,11H2,1-6H3/b13-10+/t12-/m1/s1. The molecule has 1 atom stereocenters. The van der Waals surface area contributed by atoms with E-state index < -0.39 is 35.4 Å². The van der Waals surface area contributed by atoms with Crippen molar-refractivity contribution in [3.63, 3.8) is 0 Å². The summed E-state index contributed by atoms with van der Waals surface area (Å²) in [4.78, 5) is 13.6. The molecule has 1 aliphatic heterocycles. The summed E-state index contributed by atoms with van der Waals surface area (Å²) in [6.07, 6.45) is -3.25. The monoisotopic (exact) mass is 367 g/mol. The maximum atomic E-state index is 13.2. The van der Waals surface area contributed by atoms with Crippen LogP contribution in [0.3, 0.4) is 0 Å². The number of hydrogen-bond donors (Lipinski definition) is 0. The Hall–Kier alpha value is -1.44. The third kappa shape index (κ3) is 6.41. The lowest BCUT2D eigenvalue weighted by atomic mass is 10.2. The molecule has 0 saturated carbocycles. The summed E-state index contributed by atoms with van der Waals surface area (Å²) in [6.45, 7) is 10.0. The van der Waals surface area contributed by atoms with Crippen molar-refractivity contribution in [2.75, 3.05) is 13.2 Å². The number of allylic oxidation sites excluding steroid dienone is 1. The summed E-state index contributed by atoms with van der Waals surface area (Å²) in [5.74, 6) is -1.11. The average molecular weight is 367 g/mol. The number of ether oxygens (including phenoxy) is 3. The highest BCUT2D eigenvalue weighted by Gasteiger charge is 2.47. The molecule has 0 bridgehead atoms. The first-order valence-electron chi connectivity index (χ1n) is 8.36. The van der Waals surface area contributed by atoms with Gasteiger partial charge in [0.15, 0.2) is 5.76 Å². The number of unbranched alkanes of at least 4 members (excludes halogenated alkanes) is 1. The lowest BCUT2D eigenvalue weighted by molar-refractivity contribution is -0.132. The molecular weight excluding hydrogens is 339 g/mol. The van der Waals surface area contributed by atoms with Gasteiger partial charge in [0.2, 0.25) is 0 Å². The number of alkyl halides is 3. The molecule has 0 aromatic heterocycles. The van der Waals surface area contributed by atoms with Gasteiger partial charge in [0, 0.05) is 0 Å². The van der Waals surface area contributed by atoms with Gasteiger partial charge in [-0.25, -0.2) is 4.79 Å². The Kier molecular flexibility index (Phi) is 6.78. The molecule has 0 radical (unpaired) electrons. The third-order valence-corrected chi connectivity index (χ3v) is 3.49. The fourth-order valence-corrected chi connectivity index (χ4v) is 2.35. The van der Waals surface area contributed by atoms with E-state index >= 15 is 0 Å². The van der Waals surface area contributed by atoms with Crippen molar-refractivity contribution in [2.24, 2.45) is 0 Å². The molecule has 1 heterocycles. The molecule has 1 aliphatic rings. The van der Waals surface area contributed by atoms with Crippen LogP contribution in [0.25, 0.3) is 0 Å². The molecule has 1 saturated heterocycles. The van der Waals surface area contributed by atoms with Gasteiger partial charge in [0.1, 0.15) is 11.3 Å². The minimum Gasteiger partial charge on any atom is -0.489 e. The number of amides is 1. The predicted octanol–water partition coefficient (Wildman–Crippen LogP) is 4.62. The van der Waals surface area contributed by atoms with Gasteiger partial charge in [-0.15, -0.1) is 0 Å². The minimum absolute atomic E-state index is 0.0365. The van der Waals surface area contributed by atoms with Gasteiger partial charge in [-0.1, -0.05) is 13.3 Å². The topological polar surface area (TPSA) is 48.0 Å². The van der Waals surface area contributed by atoms with Crippen LogP contribution < -0.4 is 0 Å². The van der Waals surface area contributed by atoms with Gasteiger partial charge in [-0.05, 0) is 47.1 Å². The molecule has 1 amide bonds. The fourth-order valence-electron chi connectivity index (χ4n) is 2.35. The van der Waals surface area contributed by atoms with Crippen LogP contribution in [-0.2, 0) is 14.2 Å². The minimum atomic E-state index is -4.64. The van der Waals surface area contributed by atoms with Crippen molar-refractivity contribution in [1.29, 1.82) is 0 Å². The summed E-state index contributed by atoms with van der Waals surface area (Å²) in [5, 5.41) is 0. The van der Waals surface area contributed by atoms with Gasteiger partial charge in [-0.2, -0.15) is 13.2 Å². The van der Waals surface area contributed by atoms with E-state index in [1.54, 1.807) is 34.6 Å². The molecule has 0 N–H and O–H groups in total. The highest BCUT2D eigenvalue weighted by atomic mass is 19.4. The Morgan fingerprint density at radius 2 is 1.92 bits per heavy atom. The Labute approximate surface area is 147 Å². The molecule has 1 fully saturated rings. The lowest BCUT2D eigenvalue weighted by Crippen LogP contribution is -2.49. The van der Waals surface area contributed by atoms with Gasteiger partial charge in [-0.3, -0.25) is 4.90 Å². The largest absolute Gasteiger partial charge is 0.489 e. The van der Waals surface area contributed by atoms with Gasteiger partial charge in [0.05, 0.1) is 19.3 Å². The molecular formula is C17H28F3NO4. The van der Waals surface area contributed by atoms with E-state index in [9.17, 15) is 18.0 Å². The molecule has 5 nitrogen and oxygen atoms in total. The van der Waals surface area contributed by atoms with E-state index in [0.717, 1.165) is 12.5 Å². The average Bonchev–Trinajstić information content (AvgIpc) is 2.69. The summed E-state index contributed by atoms with van der Waals surface area (Å²) >= 11 is 0. The molecule has 0 unspecified atom stereocenters. The number of hydrogen-bond acceptors (Lipinski definition) is 4. The van der Waals surface area contributed by atoms with E-state index in [2.05, 4.69) is 0 Å². The Morgan fingerprint density at radius 3 is 2.40 bits per heavy atom. The normalized spacial score (nSPS) is 21.4. The number of carbonyl (C=O) groups excluding carboxylic acids is 1. The summed E-state index contributed by atoms with van der Waals surface area (Å²) in [5.41, 5.74) is -1.85. The van der Waals surface area contributed by atoms with Crippen LogP contribution in [0.4, 0.5) is 18.0 Å². The molecule has 0 aliphatic carbocycles. The molecule has 8 heteroatoms. The maximum Gasteiger partial charge on any atom is 0.448 e. The first kappa shape index (κ1) is 21.6. The number of halogens is 3. The van der Waals surface area contributed by atoms with Crippen molar-refractivity contribution in [3.05, 3.63) is 11.8 Å². The summed E-state index contributed by atoms with van der Waals surface area (Å²) in [6, 6.07) is -0.928. The lowest BCUT2D eigenvalue weighted by Gasteiger charge is -2.34. The van der Waals surface area contributed by atoms with Crippen molar-refractivity contribution in [3.8, 4) is 0 Å². The number of rotatable bonds is 5. The maximum absolute atomic E-state index is 13.2. The van der Waals surface area contributed by atoms with Gasteiger partial charge in [0.25, 0.3) is 0 Å². The molecule has 1 rings (SSSR count). The van der Waals surface area contributed by atoms with Crippen LogP contribution in [0.2, 0.25) is 0 Å². The van der Waals surface area contributed by atoms with Crippen molar-refractivity contribution in [2.45, 2.75) is 77.9 Å². The summed E-state index contributed by atoms with van der Waals surface area (Å²) in [7, 11) is 0. The van der Waals surface area contributed by atoms with Gasteiger partial charge < -0.3 is 14.2 Å². The zero-order valence-electron chi connectivity index (χ0n) is 15.7. The van der Waals surface area contributed by atoms with Crippen LogP contribution in [0.1, 0.15) is 54.4 Å². The molecule has 0 aromatic rings. The van der Waals surface area contributed by atoms with Crippen molar-refractivity contribution >= 4 is 6.09 Å². The first-order valence-corrected chi connectivity index (χ1v) is 8.36. The van der Waals surface area contributed by atoms with Crippen LogP contribution in [0.15, 0.2) is 11.8 Å². The van der Waals surface area contributed by atoms with Crippen LogP contribution >= 0.6 is 0 Å². The Bertz CT molecular complexity index is 495. The fraction of sp³-hybridized carbons (Fsp3) is 0.824. The number of nitrogens with zero attached hydrogens (tertiary/aromatic N) is 1. The molecule has 0 spiro atoms. The van der Waals surface area contributed by atoms with Crippen LogP contribution in [0.5, 0.6) is 0 Å². The predicted molar refractivity (Wildman–Crippen MR) is 86.9 cm³/mol. The second-order valence-corrected chi connectivity index (χ2v) is 7.41. The summed E-state index contributed by atoms with van der Waals surface area (Å²) < 4.78 is 55.4. The van der Waals surface area contributed by atoms with Crippen LogP contribution in [0, 0.1) is 0 Å². The molecule has 25 heavy (non-hydrogen) atoms. The zero-order valence-corrected chi connectivity index (χ0v) is 15.7. The SMILES string of the molecule is CCCCO/C(=C/[C@@H]1COC(C)(C)N1C(=O)OC(C)(C)C)C(F)(F)F. The Balaban J connectivity index is 3.07. The second kappa shape index (κ2) is 7.85. The second-order valence-electron chi connectivity index (χ2n) is 7.41. The molecule has 0 aromatic carbocycles. The van der Waals surface area contributed by atoms with Crippen LogP contribution in [-0.4, -0.2) is 47.8 Å². The first-order chi connectivity index (χ1) is 11.3. The smallest absolute Gasteiger partial charge is 0.448 e. The zero-order chi connectivity index (χ0) is 19.5. The van der Waals surface area contributed by atoms with E-state index in [4.69, 9.17) is 14.2 Å². The Morgan fingerprint density at radius 1 is 1.32 bits per heavy atom. The van der Waals surface area contributed by atoms with E-state index in [-0.39, 0.29) is 13.2 Å². The van der Waals surface area contributed by atoms with E-state index in [1.807, 2.05) is 6.92 Å². The number of carbonyl (C=O) groups is 1. The van der Waals surface area contributed by atoms with E-state index in [1.165, 1.54) is 4.90 Å². The van der Waals surface area contributed by atoms with E-state index in [0.29, 0.717) is 6.42 Å².